The minimum Gasteiger partial charge on any atom is -0.342 e. The summed E-state index contributed by atoms with van der Waals surface area (Å²) in [7, 11) is 0. The maximum atomic E-state index is 12.8. The number of rotatable bonds is 2. The van der Waals surface area contributed by atoms with Gasteiger partial charge < -0.3 is 4.90 Å². The van der Waals surface area contributed by atoms with Crippen LogP contribution in [0.25, 0.3) is 10.8 Å². The normalized spacial score (nSPS) is 22.7. The molecule has 1 aliphatic heterocycles. The van der Waals surface area contributed by atoms with E-state index in [1.165, 1.54) is 30.0 Å². The molecule has 1 saturated heterocycles. The highest BCUT2D eigenvalue weighted by atomic mass is 16.2. The van der Waals surface area contributed by atoms with Gasteiger partial charge in [-0.1, -0.05) is 43.5 Å². The second kappa shape index (κ2) is 6.92. The van der Waals surface area contributed by atoms with Gasteiger partial charge in [0.2, 0.25) is 5.91 Å². The second-order valence-corrected chi connectivity index (χ2v) is 7.41. The average Bonchev–Trinajstić information content (AvgIpc) is 2.68. The standard InChI is InChI=1S/C21H26N2O/c24-21(16-7-2-1-3-8-16)23-12-6-11-19(15-23)20-13-17-9-4-5-10-18(17)14-22-20/h4-5,9-10,13-14,16,19H,1-3,6-8,11-12,15H2/t19-/m1/s1. The van der Waals surface area contributed by atoms with Crippen LogP contribution in [0, 0.1) is 5.92 Å². The van der Waals surface area contributed by atoms with Gasteiger partial charge in [0.05, 0.1) is 0 Å². The minimum absolute atomic E-state index is 0.280. The number of pyridine rings is 1. The molecule has 0 N–H and O–H groups in total. The van der Waals surface area contributed by atoms with Crippen LogP contribution in [0.1, 0.15) is 56.6 Å². The number of likely N-dealkylation sites (tertiary alicyclic amines) is 1. The van der Waals surface area contributed by atoms with E-state index in [1.54, 1.807) is 0 Å². The van der Waals surface area contributed by atoms with Crippen molar-refractivity contribution in [1.29, 1.82) is 0 Å². The van der Waals surface area contributed by atoms with E-state index in [2.05, 4.69) is 35.2 Å². The van der Waals surface area contributed by atoms with Gasteiger partial charge in [-0.25, -0.2) is 0 Å². The van der Waals surface area contributed by atoms with Gasteiger partial charge in [-0.2, -0.15) is 0 Å². The quantitative estimate of drug-likeness (QED) is 0.814. The Balaban J connectivity index is 1.50. The van der Waals surface area contributed by atoms with Crippen molar-refractivity contribution in [3.8, 4) is 0 Å². The number of hydrogen-bond donors (Lipinski definition) is 0. The summed E-state index contributed by atoms with van der Waals surface area (Å²) in [6, 6.07) is 10.6. The van der Waals surface area contributed by atoms with E-state index in [-0.39, 0.29) is 5.92 Å². The molecular formula is C21H26N2O. The molecule has 3 heteroatoms. The van der Waals surface area contributed by atoms with Crippen molar-refractivity contribution in [2.75, 3.05) is 13.1 Å². The first kappa shape index (κ1) is 15.6. The molecule has 1 aliphatic carbocycles. The van der Waals surface area contributed by atoms with Gasteiger partial charge >= 0.3 is 0 Å². The zero-order chi connectivity index (χ0) is 16.4. The monoisotopic (exact) mass is 322 g/mol. The number of carbonyl (C=O) groups is 1. The van der Waals surface area contributed by atoms with Gasteiger partial charge in [-0.05, 0) is 37.1 Å². The summed E-state index contributed by atoms with van der Waals surface area (Å²) in [5.74, 6) is 1.07. The average molecular weight is 322 g/mol. The molecule has 1 amide bonds. The number of aromatic nitrogens is 1. The molecule has 1 aromatic heterocycles. The van der Waals surface area contributed by atoms with Gasteiger partial charge in [0.25, 0.3) is 0 Å². The maximum Gasteiger partial charge on any atom is 0.225 e. The Morgan fingerprint density at radius 2 is 1.79 bits per heavy atom. The lowest BCUT2D eigenvalue weighted by atomic mass is 9.86. The highest BCUT2D eigenvalue weighted by Gasteiger charge is 2.30. The third-order valence-electron chi connectivity index (χ3n) is 5.76. The van der Waals surface area contributed by atoms with E-state index in [9.17, 15) is 4.79 Å². The molecule has 0 radical (unpaired) electrons. The lowest BCUT2D eigenvalue weighted by molar-refractivity contribution is -0.137. The summed E-state index contributed by atoms with van der Waals surface area (Å²) in [6.45, 7) is 1.78. The largest absolute Gasteiger partial charge is 0.342 e. The van der Waals surface area contributed by atoms with Gasteiger partial charge in [0.15, 0.2) is 0 Å². The number of carbonyl (C=O) groups excluding carboxylic acids is 1. The summed E-state index contributed by atoms with van der Waals surface area (Å²) in [6.07, 6.45) is 10.1. The van der Waals surface area contributed by atoms with Crippen LogP contribution in [-0.2, 0) is 4.79 Å². The zero-order valence-corrected chi connectivity index (χ0v) is 14.3. The fourth-order valence-electron chi connectivity index (χ4n) is 4.35. The van der Waals surface area contributed by atoms with Crippen molar-refractivity contribution in [1.82, 2.24) is 9.88 Å². The number of hydrogen-bond acceptors (Lipinski definition) is 2. The first-order valence-electron chi connectivity index (χ1n) is 9.45. The third-order valence-corrected chi connectivity index (χ3v) is 5.76. The van der Waals surface area contributed by atoms with Crippen LogP contribution in [0.4, 0.5) is 0 Å². The Morgan fingerprint density at radius 1 is 1.00 bits per heavy atom. The maximum absolute atomic E-state index is 12.8. The Morgan fingerprint density at radius 3 is 2.62 bits per heavy atom. The minimum atomic E-state index is 0.280. The van der Waals surface area contributed by atoms with Crippen LogP contribution >= 0.6 is 0 Å². The SMILES string of the molecule is O=C(C1CCCCC1)N1CCC[C@@H](c2cc3ccccc3cn2)C1. The van der Waals surface area contributed by atoms with Gasteiger partial charge in [-0.3, -0.25) is 9.78 Å². The fourth-order valence-corrected chi connectivity index (χ4v) is 4.35. The molecule has 2 fully saturated rings. The first-order valence-corrected chi connectivity index (χ1v) is 9.45. The molecule has 2 aromatic rings. The topological polar surface area (TPSA) is 33.2 Å². The van der Waals surface area contributed by atoms with E-state index in [4.69, 9.17) is 4.98 Å². The molecule has 0 unspecified atom stereocenters. The highest BCUT2D eigenvalue weighted by molar-refractivity contribution is 5.82. The molecule has 4 rings (SSSR count). The van der Waals surface area contributed by atoms with Crippen molar-refractivity contribution in [3.05, 3.63) is 42.2 Å². The van der Waals surface area contributed by atoms with Crippen LogP contribution in [0.2, 0.25) is 0 Å². The Labute approximate surface area is 144 Å². The second-order valence-electron chi connectivity index (χ2n) is 7.41. The molecule has 1 saturated carbocycles. The molecule has 3 nitrogen and oxygen atoms in total. The van der Waals surface area contributed by atoms with Gasteiger partial charge in [-0.15, -0.1) is 0 Å². The number of piperidine rings is 1. The van der Waals surface area contributed by atoms with Crippen LogP contribution < -0.4 is 0 Å². The summed E-state index contributed by atoms with van der Waals surface area (Å²) < 4.78 is 0. The predicted molar refractivity (Wildman–Crippen MR) is 96.9 cm³/mol. The zero-order valence-electron chi connectivity index (χ0n) is 14.3. The first-order chi connectivity index (χ1) is 11.8. The van der Waals surface area contributed by atoms with Crippen LogP contribution in [-0.4, -0.2) is 28.9 Å². The lowest BCUT2D eigenvalue weighted by Crippen LogP contribution is -2.43. The summed E-state index contributed by atoms with van der Waals surface area (Å²) in [4.78, 5) is 19.7. The molecular weight excluding hydrogens is 296 g/mol. The van der Waals surface area contributed by atoms with Crippen molar-refractivity contribution in [2.45, 2.75) is 50.9 Å². The molecule has 2 aliphatic rings. The van der Waals surface area contributed by atoms with E-state index in [0.29, 0.717) is 11.8 Å². The van der Waals surface area contributed by atoms with Crippen LogP contribution in [0.5, 0.6) is 0 Å². The predicted octanol–water partition coefficient (Wildman–Crippen LogP) is 4.52. The van der Waals surface area contributed by atoms with Crippen molar-refractivity contribution in [3.63, 3.8) is 0 Å². The third kappa shape index (κ3) is 3.17. The van der Waals surface area contributed by atoms with E-state index in [1.807, 2.05) is 6.20 Å². The summed E-state index contributed by atoms with van der Waals surface area (Å²) in [5, 5.41) is 2.44. The van der Waals surface area contributed by atoms with Crippen molar-refractivity contribution >= 4 is 16.7 Å². The molecule has 1 aromatic carbocycles. The Kier molecular flexibility index (Phi) is 4.50. The lowest BCUT2D eigenvalue weighted by Gasteiger charge is -2.35. The molecule has 0 bridgehead atoms. The molecule has 0 spiro atoms. The number of nitrogens with zero attached hydrogens (tertiary/aromatic N) is 2. The van der Waals surface area contributed by atoms with E-state index in [0.717, 1.165) is 44.5 Å². The Hall–Kier alpha value is -1.90. The fraction of sp³-hybridized carbons (Fsp3) is 0.524. The smallest absolute Gasteiger partial charge is 0.225 e. The highest BCUT2D eigenvalue weighted by Crippen LogP contribution is 2.31. The molecule has 2 heterocycles. The number of benzene rings is 1. The molecule has 1 atom stereocenters. The van der Waals surface area contributed by atoms with Crippen molar-refractivity contribution in [2.24, 2.45) is 5.92 Å². The van der Waals surface area contributed by atoms with E-state index >= 15 is 0 Å². The molecule has 24 heavy (non-hydrogen) atoms. The van der Waals surface area contributed by atoms with Crippen LogP contribution in [0.3, 0.4) is 0 Å². The molecule has 126 valence electrons. The number of amides is 1. The van der Waals surface area contributed by atoms with E-state index < -0.39 is 0 Å². The summed E-state index contributed by atoms with van der Waals surface area (Å²) >= 11 is 0. The van der Waals surface area contributed by atoms with Crippen LogP contribution in [0.15, 0.2) is 36.5 Å². The number of fused-ring (bicyclic) bond motifs is 1. The summed E-state index contributed by atoms with van der Waals surface area (Å²) in [5.41, 5.74) is 1.15. The van der Waals surface area contributed by atoms with Crippen molar-refractivity contribution < 1.29 is 4.79 Å². The van der Waals surface area contributed by atoms with Gasteiger partial charge in [0, 0.05) is 42.2 Å². The Bertz CT molecular complexity index is 721. The van der Waals surface area contributed by atoms with Gasteiger partial charge in [0.1, 0.15) is 0 Å².